The predicted molar refractivity (Wildman–Crippen MR) is 92.5 cm³/mol. The van der Waals surface area contributed by atoms with E-state index in [1.54, 1.807) is 23.8 Å². The number of aromatic nitrogens is 3. The number of hydrogen-bond donors (Lipinski definition) is 2. The fraction of sp³-hybridized carbons (Fsp3) is 0.294. The van der Waals surface area contributed by atoms with E-state index >= 15 is 0 Å². The summed E-state index contributed by atoms with van der Waals surface area (Å²) in [6.45, 7) is 0. The second kappa shape index (κ2) is 6.38. The summed E-state index contributed by atoms with van der Waals surface area (Å²) in [5, 5.41) is 14.3. The van der Waals surface area contributed by atoms with Gasteiger partial charge < -0.3 is 10.4 Å². The lowest BCUT2D eigenvalue weighted by molar-refractivity contribution is 0.0228. The highest BCUT2D eigenvalue weighted by Gasteiger charge is 2.36. The molecule has 128 valence electrons. The van der Waals surface area contributed by atoms with Gasteiger partial charge in [0.05, 0.1) is 17.8 Å². The number of aliphatic hydroxyl groups is 1. The molecule has 7 nitrogen and oxygen atoms in total. The van der Waals surface area contributed by atoms with Gasteiger partial charge in [-0.25, -0.2) is 4.98 Å². The summed E-state index contributed by atoms with van der Waals surface area (Å²) in [5.41, 5.74) is 0.325. The summed E-state index contributed by atoms with van der Waals surface area (Å²) in [6.07, 6.45) is 5.43. The molecule has 1 amide bonds. The molecule has 0 aromatic carbocycles. The molecule has 8 heteroatoms. The first-order valence-electron chi connectivity index (χ1n) is 7.98. The Morgan fingerprint density at radius 2 is 2.20 bits per heavy atom. The number of nitrogens with zero attached hydrogens (tertiary/aromatic N) is 3. The van der Waals surface area contributed by atoms with Gasteiger partial charge in [0.2, 0.25) is 0 Å². The van der Waals surface area contributed by atoms with Gasteiger partial charge in [-0.2, -0.15) is 0 Å². The Balaban J connectivity index is 1.63. The quantitative estimate of drug-likeness (QED) is 0.736. The van der Waals surface area contributed by atoms with E-state index in [0.717, 1.165) is 5.69 Å². The molecular weight excluding hydrogens is 340 g/mol. The Kier molecular flexibility index (Phi) is 4.06. The van der Waals surface area contributed by atoms with Crippen molar-refractivity contribution in [2.45, 2.75) is 25.0 Å². The number of fused-ring (bicyclic) bond motifs is 1. The Bertz CT molecular complexity index is 963. The maximum absolute atomic E-state index is 12.7. The molecule has 0 spiro atoms. The Morgan fingerprint density at radius 1 is 1.36 bits per heavy atom. The van der Waals surface area contributed by atoms with E-state index in [4.69, 9.17) is 0 Å². The number of amides is 1. The molecule has 0 aliphatic heterocycles. The van der Waals surface area contributed by atoms with E-state index in [-0.39, 0.29) is 23.6 Å². The summed E-state index contributed by atoms with van der Waals surface area (Å²) >= 11 is 1.33. The molecule has 25 heavy (non-hydrogen) atoms. The van der Waals surface area contributed by atoms with Gasteiger partial charge in [0.15, 0.2) is 4.96 Å². The summed E-state index contributed by atoms with van der Waals surface area (Å²) in [6, 6.07) is 5.14. The van der Waals surface area contributed by atoms with Crippen LogP contribution in [0.2, 0.25) is 0 Å². The van der Waals surface area contributed by atoms with Crippen molar-refractivity contribution in [1.29, 1.82) is 0 Å². The minimum absolute atomic E-state index is 0.00305. The molecule has 4 rings (SSSR count). The topological polar surface area (TPSA) is 96.6 Å². The monoisotopic (exact) mass is 356 g/mol. The van der Waals surface area contributed by atoms with Crippen molar-refractivity contribution in [3.8, 4) is 0 Å². The number of carbonyl (C=O) groups is 1. The van der Waals surface area contributed by atoms with Gasteiger partial charge in [-0.15, -0.1) is 11.3 Å². The van der Waals surface area contributed by atoms with Crippen molar-refractivity contribution in [3.63, 3.8) is 0 Å². The van der Waals surface area contributed by atoms with Gasteiger partial charge >= 0.3 is 0 Å². The average molecular weight is 356 g/mol. The number of hydrogen-bond acceptors (Lipinski definition) is 6. The second-order valence-corrected chi connectivity index (χ2v) is 7.00. The minimum Gasteiger partial charge on any atom is -0.393 e. The molecule has 0 radical (unpaired) electrons. The highest BCUT2D eigenvalue weighted by Crippen LogP contribution is 2.37. The fourth-order valence-electron chi connectivity index (χ4n) is 3.09. The van der Waals surface area contributed by atoms with Crippen molar-refractivity contribution in [3.05, 3.63) is 63.8 Å². The van der Waals surface area contributed by atoms with E-state index in [0.29, 0.717) is 17.8 Å². The third-order valence-corrected chi connectivity index (χ3v) is 5.27. The Labute approximate surface area is 147 Å². The average Bonchev–Trinajstić information content (AvgIpc) is 3.08. The number of aliphatic hydroxyl groups excluding tert-OH is 1. The van der Waals surface area contributed by atoms with Gasteiger partial charge in [0.1, 0.15) is 5.56 Å². The van der Waals surface area contributed by atoms with Crippen LogP contribution < -0.4 is 10.9 Å². The van der Waals surface area contributed by atoms with Crippen LogP contribution in [0, 0.1) is 5.92 Å². The highest BCUT2D eigenvalue weighted by atomic mass is 32.1. The highest BCUT2D eigenvalue weighted by molar-refractivity contribution is 7.15. The molecule has 1 aliphatic carbocycles. The van der Waals surface area contributed by atoms with Crippen LogP contribution in [-0.4, -0.2) is 31.5 Å². The lowest BCUT2D eigenvalue weighted by atomic mass is 9.76. The second-order valence-electron chi connectivity index (χ2n) is 6.12. The zero-order chi connectivity index (χ0) is 17.4. The summed E-state index contributed by atoms with van der Waals surface area (Å²) in [4.78, 5) is 34.2. The summed E-state index contributed by atoms with van der Waals surface area (Å²) < 4.78 is 1.36. The molecule has 3 heterocycles. The number of nitrogens with one attached hydrogen (secondary N) is 1. The molecule has 1 saturated carbocycles. The number of rotatable bonds is 4. The third-order valence-electron chi connectivity index (χ3n) is 4.50. The van der Waals surface area contributed by atoms with Crippen LogP contribution in [0.3, 0.4) is 0 Å². The normalized spacial score (nSPS) is 20.8. The number of pyridine rings is 1. The maximum atomic E-state index is 12.7. The third kappa shape index (κ3) is 2.94. The molecule has 0 saturated heterocycles. The van der Waals surface area contributed by atoms with Gasteiger partial charge in [-0.1, -0.05) is 6.07 Å². The van der Waals surface area contributed by atoms with Crippen molar-refractivity contribution in [2.24, 2.45) is 5.92 Å². The van der Waals surface area contributed by atoms with Crippen LogP contribution in [0.15, 0.2) is 47.0 Å². The molecule has 3 aromatic heterocycles. The van der Waals surface area contributed by atoms with Gasteiger partial charge in [-0.3, -0.25) is 19.0 Å². The zero-order valence-electron chi connectivity index (χ0n) is 13.2. The molecular formula is C17H16N4O3S. The maximum Gasteiger partial charge on any atom is 0.271 e. The number of carbonyl (C=O) groups excluding carboxylic acids is 1. The van der Waals surface area contributed by atoms with Crippen LogP contribution in [0.25, 0.3) is 4.96 Å². The lowest BCUT2D eigenvalue weighted by Gasteiger charge is -2.37. The molecule has 0 bridgehead atoms. The molecule has 1 aliphatic rings. The first-order valence-corrected chi connectivity index (χ1v) is 8.86. The van der Waals surface area contributed by atoms with Gasteiger partial charge in [0, 0.05) is 24.0 Å². The predicted octanol–water partition coefficient (Wildman–Crippen LogP) is 1.39. The molecule has 3 aromatic rings. The van der Waals surface area contributed by atoms with Crippen molar-refractivity contribution >= 4 is 22.2 Å². The van der Waals surface area contributed by atoms with Crippen LogP contribution in [0.1, 0.15) is 34.9 Å². The first kappa shape index (κ1) is 15.9. The molecule has 2 N–H and O–H groups in total. The molecule has 1 fully saturated rings. The van der Waals surface area contributed by atoms with Crippen molar-refractivity contribution in [2.75, 3.05) is 0 Å². The first-order chi connectivity index (χ1) is 12.1. The van der Waals surface area contributed by atoms with Crippen molar-refractivity contribution < 1.29 is 9.90 Å². The summed E-state index contributed by atoms with van der Waals surface area (Å²) in [7, 11) is 0. The summed E-state index contributed by atoms with van der Waals surface area (Å²) in [5.74, 6) is -0.385. The van der Waals surface area contributed by atoms with Gasteiger partial charge in [-0.05, 0) is 30.9 Å². The van der Waals surface area contributed by atoms with E-state index in [2.05, 4.69) is 15.3 Å². The zero-order valence-corrected chi connectivity index (χ0v) is 14.0. The van der Waals surface area contributed by atoms with Crippen molar-refractivity contribution in [1.82, 2.24) is 19.7 Å². The number of thiazole rings is 1. The Hall–Kier alpha value is -2.58. The standard InChI is InChI=1S/C17H16N4O3S/c22-11-7-10(8-11)14(13-3-1-2-4-18-13)20-15(23)12-9-19-17-21(16(12)24)5-6-25-17/h1-6,9-11,14,22H,7-8H2,(H,20,23). The Morgan fingerprint density at radius 3 is 2.92 bits per heavy atom. The van der Waals surface area contributed by atoms with Crippen LogP contribution in [0.5, 0.6) is 0 Å². The SMILES string of the molecule is O=C(NC(c1ccccn1)C1CC(O)C1)c1cnc2sccn2c1=O. The van der Waals surface area contributed by atoms with E-state index in [1.807, 2.05) is 12.1 Å². The van der Waals surface area contributed by atoms with E-state index < -0.39 is 11.5 Å². The van der Waals surface area contributed by atoms with E-state index in [9.17, 15) is 14.7 Å². The van der Waals surface area contributed by atoms with Crippen LogP contribution in [-0.2, 0) is 0 Å². The lowest BCUT2D eigenvalue weighted by Crippen LogP contribution is -2.43. The fourth-order valence-corrected chi connectivity index (χ4v) is 3.77. The molecule has 1 unspecified atom stereocenters. The van der Waals surface area contributed by atoms with Crippen LogP contribution >= 0.6 is 11.3 Å². The van der Waals surface area contributed by atoms with Gasteiger partial charge in [0.25, 0.3) is 11.5 Å². The van der Waals surface area contributed by atoms with Crippen LogP contribution in [0.4, 0.5) is 0 Å². The largest absolute Gasteiger partial charge is 0.393 e. The smallest absolute Gasteiger partial charge is 0.271 e. The molecule has 1 atom stereocenters. The minimum atomic E-state index is -0.477. The van der Waals surface area contributed by atoms with E-state index in [1.165, 1.54) is 21.9 Å².